The molecule has 0 aromatic carbocycles. The zero-order valence-corrected chi connectivity index (χ0v) is 13.4. The Morgan fingerprint density at radius 1 is 1.05 bits per heavy atom. The van der Waals surface area contributed by atoms with Crippen LogP contribution >= 0.6 is 0 Å². The molecule has 0 aliphatic heterocycles. The normalized spacial score (nSPS) is 12.2. The maximum Gasteiger partial charge on any atom is 0.211 e. The van der Waals surface area contributed by atoms with Gasteiger partial charge in [-0.3, -0.25) is 0 Å². The van der Waals surface area contributed by atoms with Crippen LogP contribution in [-0.2, 0) is 14.8 Å². The largest absolute Gasteiger partial charge is 0.379 e. The molecular formula is C13H30N2O3S. The summed E-state index contributed by atoms with van der Waals surface area (Å²) in [5.41, 5.74) is 0. The van der Waals surface area contributed by atoms with E-state index in [0.29, 0.717) is 19.6 Å². The van der Waals surface area contributed by atoms with Crippen LogP contribution in [0.25, 0.3) is 0 Å². The number of ether oxygens (including phenoxy) is 1. The fraction of sp³-hybridized carbons (Fsp3) is 1.00. The maximum absolute atomic E-state index is 11.6. The van der Waals surface area contributed by atoms with Crippen LogP contribution < -0.4 is 10.0 Å². The Morgan fingerprint density at radius 2 is 1.79 bits per heavy atom. The Bertz CT molecular complexity index is 292. The minimum Gasteiger partial charge on any atom is -0.379 e. The van der Waals surface area contributed by atoms with E-state index >= 15 is 0 Å². The number of nitrogens with one attached hydrogen (secondary N) is 2. The average molecular weight is 294 g/mol. The van der Waals surface area contributed by atoms with E-state index in [0.717, 1.165) is 32.4 Å². The Labute approximate surface area is 118 Å². The van der Waals surface area contributed by atoms with Crippen molar-refractivity contribution in [1.82, 2.24) is 10.0 Å². The third kappa shape index (κ3) is 14.1. The Kier molecular flexibility index (Phi) is 11.5. The summed E-state index contributed by atoms with van der Waals surface area (Å²) in [4.78, 5) is 0. The van der Waals surface area contributed by atoms with Gasteiger partial charge in [0.05, 0.1) is 11.9 Å². The molecule has 0 aromatic heterocycles. The highest BCUT2D eigenvalue weighted by molar-refractivity contribution is 7.89. The van der Waals surface area contributed by atoms with E-state index in [1.807, 2.05) is 13.8 Å². The molecule has 0 bridgehead atoms. The van der Waals surface area contributed by atoms with Gasteiger partial charge in [-0.2, -0.15) is 0 Å². The fourth-order valence-electron chi connectivity index (χ4n) is 1.53. The molecule has 0 aliphatic carbocycles. The van der Waals surface area contributed by atoms with Crippen molar-refractivity contribution in [3.8, 4) is 0 Å². The lowest BCUT2D eigenvalue weighted by atomic mass is 10.3. The number of rotatable bonds is 13. The highest BCUT2D eigenvalue weighted by Gasteiger charge is 2.08. The summed E-state index contributed by atoms with van der Waals surface area (Å²) < 4.78 is 31.3. The quantitative estimate of drug-likeness (QED) is 0.505. The van der Waals surface area contributed by atoms with E-state index in [2.05, 4.69) is 17.0 Å². The molecule has 0 atom stereocenters. The Hall–Kier alpha value is -0.170. The predicted molar refractivity (Wildman–Crippen MR) is 79.9 cm³/mol. The van der Waals surface area contributed by atoms with Crippen LogP contribution in [0, 0.1) is 0 Å². The van der Waals surface area contributed by atoms with Gasteiger partial charge in [0.2, 0.25) is 10.0 Å². The molecule has 0 saturated heterocycles. The minimum absolute atomic E-state index is 0.201. The van der Waals surface area contributed by atoms with E-state index in [9.17, 15) is 8.42 Å². The van der Waals surface area contributed by atoms with Gasteiger partial charge in [0.25, 0.3) is 0 Å². The first kappa shape index (κ1) is 18.8. The summed E-state index contributed by atoms with van der Waals surface area (Å²) in [7, 11) is -3.10. The topological polar surface area (TPSA) is 67.4 Å². The van der Waals surface area contributed by atoms with E-state index in [-0.39, 0.29) is 11.9 Å². The number of hydrogen-bond donors (Lipinski definition) is 2. The zero-order valence-electron chi connectivity index (χ0n) is 12.6. The van der Waals surface area contributed by atoms with Gasteiger partial charge in [0.1, 0.15) is 0 Å². The van der Waals surface area contributed by atoms with E-state index in [1.165, 1.54) is 0 Å². The van der Waals surface area contributed by atoms with Crippen molar-refractivity contribution in [3.05, 3.63) is 0 Å². The molecule has 0 aromatic rings. The van der Waals surface area contributed by atoms with Gasteiger partial charge in [-0.1, -0.05) is 6.92 Å². The highest BCUT2D eigenvalue weighted by atomic mass is 32.2. The first-order valence-electron chi connectivity index (χ1n) is 7.27. The highest BCUT2D eigenvalue weighted by Crippen LogP contribution is 1.95. The van der Waals surface area contributed by atoms with E-state index in [1.54, 1.807) is 0 Å². The standard InChI is InChI=1S/C13H30N2O3S/c1-4-8-14-9-7-12-19(16,17)15-10-5-6-11-18-13(2)3/h13-15H,4-12H2,1-3H3. The van der Waals surface area contributed by atoms with Gasteiger partial charge in [-0.05, 0) is 52.6 Å². The molecule has 0 heterocycles. The molecule has 0 saturated carbocycles. The summed E-state index contributed by atoms with van der Waals surface area (Å²) in [6.07, 6.45) is 3.68. The SMILES string of the molecule is CCCNCCCS(=O)(=O)NCCCCOC(C)C. The Morgan fingerprint density at radius 3 is 2.42 bits per heavy atom. The average Bonchev–Trinajstić information content (AvgIpc) is 2.33. The molecule has 0 aliphatic rings. The van der Waals surface area contributed by atoms with Crippen molar-refractivity contribution in [2.75, 3.05) is 32.0 Å². The van der Waals surface area contributed by atoms with Crippen LogP contribution in [0.3, 0.4) is 0 Å². The minimum atomic E-state index is -3.10. The lowest BCUT2D eigenvalue weighted by Gasteiger charge is -2.08. The van der Waals surface area contributed by atoms with Crippen LogP contribution in [0.2, 0.25) is 0 Å². The number of hydrogen-bond acceptors (Lipinski definition) is 4. The molecule has 0 unspecified atom stereocenters. The van der Waals surface area contributed by atoms with Gasteiger partial charge in [-0.15, -0.1) is 0 Å². The molecule has 6 heteroatoms. The van der Waals surface area contributed by atoms with Gasteiger partial charge >= 0.3 is 0 Å². The molecule has 0 amide bonds. The van der Waals surface area contributed by atoms with E-state index < -0.39 is 10.0 Å². The van der Waals surface area contributed by atoms with Crippen molar-refractivity contribution in [2.24, 2.45) is 0 Å². The molecule has 19 heavy (non-hydrogen) atoms. The zero-order chi connectivity index (χ0) is 14.6. The fourth-order valence-corrected chi connectivity index (χ4v) is 2.66. The van der Waals surface area contributed by atoms with Gasteiger partial charge in [-0.25, -0.2) is 13.1 Å². The van der Waals surface area contributed by atoms with Gasteiger partial charge in [0, 0.05) is 13.2 Å². The van der Waals surface area contributed by atoms with Crippen LogP contribution in [0.5, 0.6) is 0 Å². The number of sulfonamides is 1. The molecule has 0 rings (SSSR count). The van der Waals surface area contributed by atoms with Crippen molar-refractivity contribution >= 4 is 10.0 Å². The second-order valence-electron chi connectivity index (χ2n) is 4.94. The van der Waals surface area contributed by atoms with Crippen molar-refractivity contribution in [1.29, 1.82) is 0 Å². The van der Waals surface area contributed by atoms with Crippen LogP contribution in [0.15, 0.2) is 0 Å². The van der Waals surface area contributed by atoms with Crippen LogP contribution in [-0.4, -0.2) is 46.5 Å². The smallest absolute Gasteiger partial charge is 0.211 e. The second-order valence-corrected chi connectivity index (χ2v) is 6.87. The molecule has 0 radical (unpaired) electrons. The van der Waals surface area contributed by atoms with Crippen molar-refractivity contribution in [3.63, 3.8) is 0 Å². The van der Waals surface area contributed by atoms with Crippen molar-refractivity contribution < 1.29 is 13.2 Å². The molecule has 116 valence electrons. The van der Waals surface area contributed by atoms with Crippen molar-refractivity contribution in [2.45, 2.75) is 52.6 Å². The third-order valence-electron chi connectivity index (χ3n) is 2.54. The molecule has 2 N–H and O–H groups in total. The summed E-state index contributed by atoms with van der Waals surface area (Å²) in [5, 5.41) is 3.19. The predicted octanol–water partition coefficient (Wildman–Crippen LogP) is 1.50. The molecular weight excluding hydrogens is 264 g/mol. The van der Waals surface area contributed by atoms with Crippen LogP contribution in [0.1, 0.15) is 46.5 Å². The van der Waals surface area contributed by atoms with Crippen LogP contribution in [0.4, 0.5) is 0 Å². The molecule has 0 spiro atoms. The van der Waals surface area contributed by atoms with Gasteiger partial charge in [0.15, 0.2) is 0 Å². The summed E-state index contributed by atoms with van der Waals surface area (Å²) in [5.74, 6) is 0.201. The summed E-state index contributed by atoms with van der Waals surface area (Å²) >= 11 is 0. The monoisotopic (exact) mass is 294 g/mol. The maximum atomic E-state index is 11.6. The lowest BCUT2D eigenvalue weighted by molar-refractivity contribution is 0.0762. The number of unbranched alkanes of at least 4 members (excludes halogenated alkanes) is 1. The van der Waals surface area contributed by atoms with Gasteiger partial charge < -0.3 is 10.1 Å². The third-order valence-corrected chi connectivity index (χ3v) is 4.01. The summed E-state index contributed by atoms with van der Waals surface area (Å²) in [6.45, 7) is 8.99. The van der Waals surface area contributed by atoms with E-state index in [4.69, 9.17) is 4.74 Å². The molecule has 5 nitrogen and oxygen atoms in total. The first-order valence-corrected chi connectivity index (χ1v) is 8.93. The Balaban J connectivity index is 3.46. The second kappa shape index (κ2) is 11.6. The molecule has 0 fully saturated rings. The lowest BCUT2D eigenvalue weighted by Crippen LogP contribution is -2.29. The first-order chi connectivity index (χ1) is 8.98. The summed E-state index contributed by atoms with van der Waals surface area (Å²) in [6, 6.07) is 0.